The summed E-state index contributed by atoms with van der Waals surface area (Å²) in [6.45, 7) is 5.02. The molecule has 0 fully saturated rings. The summed E-state index contributed by atoms with van der Waals surface area (Å²) in [5.41, 5.74) is 8.66. The molecule has 0 aromatic heterocycles. The zero-order chi connectivity index (χ0) is 14.0. The van der Waals surface area contributed by atoms with Crippen LogP contribution in [0.4, 0.5) is 0 Å². The maximum Gasteiger partial charge on any atom is 0.217 e. The molecule has 2 atom stereocenters. The molecule has 4 N–H and O–H groups in total. The quantitative estimate of drug-likeness (QED) is 0.711. The third-order valence-corrected chi connectivity index (χ3v) is 3.90. The highest BCUT2D eigenvalue weighted by atomic mass is 16.3. The second-order valence-corrected chi connectivity index (χ2v) is 5.44. The number of aromatic hydroxyl groups is 1. The Morgan fingerprint density at radius 2 is 2.21 bits per heavy atom. The summed E-state index contributed by atoms with van der Waals surface area (Å²) in [5, 5.41) is 13.5. The molecule has 1 aromatic rings. The lowest BCUT2D eigenvalue weighted by molar-refractivity contribution is -0.118. The average Bonchev–Trinajstić information content (AvgIpc) is 2.68. The van der Waals surface area contributed by atoms with E-state index >= 15 is 0 Å². The summed E-state index contributed by atoms with van der Waals surface area (Å²) in [4.78, 5) is 10.7. The first-order valence-corrected chi connectivity index (χ1v) is 6.84. The number of carbonyl (C=O) groups is 1. The Bertz CT molecular complexity index is 485. The topological polar surface area (TPSA) is 75.3 Å². The van der Waals surface area contributed by atoms with Gasteiger partial charge in [-0.1, -0.05) is 13.0 Å². The molecule has 0 bridgehead atoms. The van der Waals surface area contributed by atoms with Gasteiger partial charge in [-0.3, -0.25) is 4.79 Å². The predicted octanol–water partition coefficient (Wildman–Crippen LogP) is 2.10. The molecule has 0 aliphatic heterocycles. The first-order valence-electron chi connectivity index (χ1n) is 6.84. The molecule has 19 heavy (non-hydrogen) atoms. The lowest BCUT2D eigenvalue weighted by atomic mass is 9.97. The highest BCUT2D eigenvalue weighted by Gasteiger charge is 2.31. The number of nitrogens with one attached hydrogen (secondary N) is 1. The Morgan fingerprint density at radius 1 is 1.47 bits per heavy atom. The van der Waals surface area contributed by atoms with Crippen LogP contribution >= 0.6 is 0 Å². The summed E-state index contributed by atoms with van der Waals surface area (Å²) >= 11 is 0. The number of phenolic OH excluding ortho intramolecular Hbond substituents is 1. The van der Waals surface area contributed by atoms with Crippen LogP contribution in [0.1, 0.15) is 54.8 Å². The molecule has 4 nitrogen and oxygen atoms in total. The number of nitrogens with two attached hydrogens (primary N) is 1. The van der Waals surface area contributed by atoms with Crippen LogP contribution in [0.25, 0.3) is 0 Å². The summed E-state index contributed by atoms with van der Waals surface area (Å²) < 4.78 is 0. The predicted molar refractivity (Wildman–Crippen MR) is 75.0 cm³/mol. The van der Waals surface area contributed by atoms with Crippen LogP contribution in [-0.4, -0.2) is 17.6 Å². The first kappa shape index (κ1) is 13.9. The fourth-order valence-electron chi connectivity index (χ4n) is 3.07. The number of primary amides is 1. The van der Waals surface area contributed by atoms with Crippen molar-refractivity contribution in [1.82, 2.24) is 5.32 Å². The number of aryl methyl sites for hydroxylation is 1. The van der Waals surface area contributed by atoms with Crippen LogP contribution in [0, 0.1) is 6.92 Å². The summed E-state index contributed by atoms with van der Waals surface area (Å²) in [6.07, 6.45) is 2.13. The smallest absolute Gasteiger partial charge is 0.217 e. The van der Waals surface area contributed by atoms with Gasteiger partial charge in [0, 0.05) is 18.0 Å². The molecule has 0 saturated carbocycles. The van der Waals surface area contributed by atoms with E-state index in [1.54, 1.807) is 6.07 Å². The van der Waals surface area contributed by atoms with Crippen molar-refractivity contribution in [1.29, 1.82) is 0 Å². The minimum atomic E-state index is -0.263. The van der Waals surface area contributed by atoms with Crippen LogP contribution in [-0.2, 0) is 4.79 Å². The van der Waals surface area contributed by atoms with Crippen molar-refractivity contribution in [2.24, 2.45) is 5.73 Å². The molecule has 0 heterocycles. The largest absolute Gasteiger partial charge is 0.508 e. The molecule has 0 spiro atoms. The van der Waals surface area contributed by atoms with Crippen LogP contribution in [0.3, 0.4) is 0 Å². The Kier molecular flexibility index (Phi) is 4.10. The molecule has 1 aliphatic rings. The lowest BCUT2D eigenvalue weighted by Crippen LogP contribution is -2.22. The Balaban J connectivity index is 2.07. The maximum atomic E-state index is 10.7. The third-order valence-electron chi connectivity index (χ3n) is 3.90. The second-order valence-electron chi connectivity index (χ2n) is 5.44. The summed E-state index contributed by atoms with van der Waals surface area (Å²) in [5.74, 6) is 0.564. The molecule has 0 radical (unpaired) electrons. The maximum absolute atomic E-state index is 10.7. The Morgan fingerprint density at radius 3 is 2.89 bits per heavy atom. The van der Waals surface area contributed by atoms with Gasteiger partial charge in [0.25, 0.3) is 0 Å². The van der Waals surface area contributed by atoms with Crippen molar-refractivity contribution in [3.8, 4) is 5.75 Å². The third kappa shape index (κ3) is 2.89. The highest BCUT2D eigenvalue weighted by Crippen LogP contribution is 2.45. The second kappa shape index (κ2) is 5.61. The molecule has 4 heteroatoms. The molecule has 2 unspecified atom stereocenters. The van der Waals surface area contributed by atoms with Gasteiger partial charge in [0.05, 0.1) is 0 Å². The van der Waals surface area contributed by atoms with Crippen molar-refractivity contribution in [2.75, 3.05) is 6.54 Å². The number of rotatable bonds is 5. The highest BCUT2D eigenvalue weighted by molar-refractivity contribution is 5.73. The molecule has 1 aliphatic carbocycles. The van der Waals surface area contributed by atoms with Crippen molar-refractivity contribution in [3.05, 3.63) is 28.8 Å². The van der Waals surface area contributed by atoms with Gasteiger partial charge < -0.3 is 16.2 Å². The van der Waals surface area contributed by atoms with E-state index in [1.807, 2.05) is 6.07 Å². The number of carbonyl (C=O) groups excluding carboxylic acids is 1. The minimum absolute atomic E-state index is 0.178. The molecule has 2 rings (SSSR count). The molecular weight excluding hydrogens is 240 g/mol. The van der Waals surface area contributed by atoms with Gasteiger partial charge in [-0.15, -0.1) is 0 Å². The van der Waals surface area contributed by atoms with E-state index in [0.29, 0.717) is 18.1 Å². The summed E-state index contributed by atoms with van der Waals surface area (Å²) in [7, 11) is 0. The van der Waals surface area contributed by atoms with Gasteiger partial charge in [0.1, 0.15) is 5.75 Å². The monoisotopic (exact) mass is 262 g/mol. The fourth-order valence-corrected chi connectivity index (χ4v) is 3.07. The number of amides is 1. The molecule has 0 saturated heterocycles. The molecule has 1 aromatic carbocycles. The summed E-state index contributed by atoms with van der Waals surface area (Å²) in [6, 6.07) is 3.92. The minimum Gasteiger partial charge on any atom is -0.508 e. The molecular formula is C15H22N2O2. The average molecular weight is 262 g/mol. The zero-order valence-corrected chi connectivity index (χ0v) is 11.6. The van der Waals surface area contributed by atoms with E-state index in [0.717, 1.165) is 24.9 Å². The van der Waals surface area contributed by atoms with Crippen LogP contribution in [0.5, 0.6) is 5.75 Å². The van der Waals surface area contributed by atoms with Gasteiger partial charge >= 0.3 is 0 Å². The van der Waals surface area contributed by atoms with Gasteiger partial charge in [-0.2, -0.15) is 0 Å². The Hall–Kier alpha value is -1.55. The fraction of sp³-hybridized carbons (Fsp3) is 0.533. The van der Waals surface area contributed by atoms with Crippen molar-refractivity contribution >= 4 is 5.91 Å². The van der Waals surface area contributed by atoms with Crippen LogP contribution < -0.4 is 11.1 Å². The van der Waals surface area contributed by atoms with E-state index in [-0.39, 0.29) is 11.9 Å². The van der Waals surface area contributed by atoms with Gasteiger partial charge in [-0.05, 0) is 49.4 Å². The van der Waals surface area contributed by atoms with Crippen LogP contribution in [0.15, 0.2) is 12.1 Å². The lowest BCUT2D eigenvalue weighted by Gasteiger charge is -2.15. The first-order chi connectivity index (χ1) is 9.00. The van der Waals surface area contributed by atoms with Crippen molar-refractivity contribution in [3.63, 3.8) is 0 Å². The van der Waals surface area contributed by atoms with E-state index in [1.165, 1.54) is 11.1 Å². The number of fused-ring (bicyclic) bond motifs is 1. The van der Waals surface area contributed by atoms with E-state index in [4.69, 9.17) is 5.73 Å². The number of benzene rings is 1. The van der Waals surface area contributed by atoms with E-state index in [2.05, 4.69) is 19.2 Å². The van der Waals surface area contributed by atoms with E-state index in [9.17, 15) is 9.90 Å². The van der Waals surface area contributed by atoms with E-state index < -0.39 is 0 Å². The van der Waals surface area contributed by atoms with Gasteiger partial charge in [-0.25, -0.2) is 0 Å². The number of hydrogen-bond donors (Lipinski definition) is 3. The molecule has 1 amide bonds. The number of hydrogen-bond acceptors (Lipinski definition) is 3. The normalized spacial score (nSPS) is 21.4. The van der Waals surface area contributed by atoms with Crippen LogP contribution in [0.2, 0.25) is 0 Å². The Labute approximate surface area is 114 Å². The number of phenols is 1. The zero-order valence-electron chi connectivity index (χ0n) is 11.6. The van der Waals surface area contributed by atoms with Crippen molar-refractivity contribution in [2.45, 2.75) is 45.1 Å². The van der Waals surface area contributed by atoms with Crippen molar-refractivity contribution < 1.29 is 9.90 Å². The molecule has 104 valence electrons. The van der Waals surface area contributed by atoms with Gasteiger partial charge in [0.2, 0.25) is 5.91 Å². The standard InChI is InChI=1S/C15H22N2O2/c1-9-5-6-12(18)15-11(8-10(2)14(9)15)17-7-3-4-13(16)19/h5-6,10-11,17-18H,3-4,7-8H2,1-2H3,(H2,16,19). The SMILES string of the molecule is Cc1ccc(O)c2c1C(C)CC2NCCCC(N)=O. The van der Waals surface area contributed by atoms with Gasteiger partial charge in [0.15, 0.2) is 0 Å².